The van der Waals surface area contributed by atoms with Crippen LogP contribution in [-0.4, -0.2) is 19.9 Å². The molecule has 6 saturated carbocycles. The van der Waals surface area contributed by atoms with E-state index in [-0.39, 0.29) is 5.60 Å². The van der Waals surface area contributed by atoms with Crippen LogP contribution in [-0.2, 0) is 4.74 Å². The van der Waals surface area contributed by atoms with Gasteiger partial charge in [-0.1, -0.05) is 110 Å². The average Bonchev–Trinajstić information content (AvgIpc) is 3.48. The monoisotopic (exact) mass is 569 g/mol. The van der Waals surface area contributed by atoms with Crippen LogP contribution in [0.2, 0.25) is 17.6 Å². The zero-order valence-electron chi connectivity index (χ0n) is 27.8. The molecule has 6 rings (SSSR count). The van der Waals surface area contributed by atoms with Crippen molar-refractivity contribution in [2.45, 2.75) is 173 Å². The van der Waals surface area contributed by atoms with Gasteiger partial charge in [-0.2, -0.15) is 0 Å². The Morgan fingerprint density at radius 1 is 0.525 bits per heavy atom. The van der Waals surface area contributed by atoms with Gasteiger partial charge < -0.3 is 4.74 Å². The van der Waals surface area contributed by atoms with E-state index in [4.69, 9.17) is 4.74 Å². The molecule has 0 aromatic carbocycles. The highest BCUT2D eigenvalue weighted by molar-refractivity contribution is 6.81. The second-order valence-electron chi connectivity index (χ2n) is 18.0. The molecule has 10 atom stereocenters. The molecule has 0 aromatic rings. The summed E-state index contributed by atoms with van der Waals surface area (Å²) in [4.78, 5) is 0. The van der Waals surface area contributed by atoms with Crippen molar-refractivity contribution in [1.29, 1.82) is 0 Å². The number of hydrogen-bond acceptors (Lipinski definition) is 1. The van der Waals surface area contributed by atoms with E-state index in [1.54, 1.807) is 64.2 Å². The van der Waals surface area contributed by atoms with E-state index in [1.807, 2.05) is 0 Å². The van der Waals surface area contributed by atoms with Gasteiger partial charge in [0, 0.05) is 6.23 Å². The fourth-order valence-corrected chi connectivity index (χ4v) is 20.8. The number of fused-ring (bicyclic) bond motifs is 2. The van der Waals surface area contributed by atoms with Gasteiger partial charge in [-0.15, -0.1) is 0 Å². The first kappa shape index (κ1) is 30.2. The Labute approximate surface area is 251 Å². The quantitative estimate of drug-likeness (QED) is 0.289. The van der Waals surface area contributed by atoms with Gasteiger partial charge in [0.25, 0.3) is 0 Å². The fourth-order valence-electron chi connectivity index (χ4n) is 13.6. The summed E-state index contributed by atoms with van der Waals surface area (Å²) in [7, 11) is -1.72. The van der Waals surface area contributed by atoms with Gasteiger partial charge in [0.1, 0.15) is 0 Å². The second kappa shape index (κ2) is 12.3. The zero-order valence-corrected chi connectivity index (χ0v) is 28.8. The Bertz CT molecular complexity index is 762. The molecule has 0 heterocycles. The van der Waals surface area contributed by atoms with Crippen molar-refractivity contribution in [1.82, 2.24) is 0 Å². The van der Waals surface area contributed by atoms with E-state index in [1.165, 1.54) is 51.4 Å². The van der Waals surface area contributed by atoms with Crippen molar-refractivity contribution < 1.29 is 4.74 Å². The third kappa shape index (κ3) is 5.82. The predicted octanol–water partition coefficient (Wildman–Crippen LogP) is 11.5. The van der Waals surface area contributed by atoms with Crippen LogP contribution in [0.4, 0.5) is 0 Å². The molecule has 0 N–H and O–H groups in total. The van der Waals surface area contributed by atoms with E-state index in [0.29, 0.717) is 0 Å². The third-order valence-electron chi connectivity index (χ3n) is 14.6. The third-order valence-corrected chi connectivity index (χ3v) is 20.4. The summed E-state index contributed by atoms with van der Waals surface area (Å²) >= 11 is 0. The summed E-state index contributed by atoms with van der Waals surface area (Å²) in [5.74, 6) is 10.3. The zero-order chi connectivity index (χ0) is 28.1. The van der Waals surface area contributed by atoms with Gasteiger partial charge in [0.15, 0.2) is 0 Å². The van der Waals surface area contributed by atoms with E-state index >= 15 is 0 Å². The summed E-state index contributed by atoms with van der Waals surface area (Å²) in [6.45, 7) is 15.4. The molecular formula is C38H68OSi. The lowest BCUT2D eigenvalue weighted by Gasteiger charge is -2.51. The number of ether oxygens (including phenoxy) is 1. The van der Waals surface area contributed by atoms with Crippen LogP contribution in [0.5, 0.6) is 0 Å². The highest BCUT2D eigenvalue weighted by Crippen LogP contribution is 2.67. The van der Waals surface area contributed by atoms with E-state index in [0.717, 1.165) is 76.5 Å². The molecule has 0 aromatic heterocycles. The fraction of sp³-hybridized carbons (Fsp3) is 1.00. The minimum atomic E-state index is -1.72. The first-order chi connectivity index (χ1) is 19.2. The molecule has 0 radical (unpaired) electrons. The average molecular weight is 569 g/mol. The Hall–Kier alpha value is 0.177. The molecule has 10 unspecified atom stereocenters. The van der Waals surface area contributed by atoms with Gasteiger partial charge in [0.2, 0.25) is 0 Å². The van der Waals surface area contributed by atoms with Crippen molar-refractivity contribution in [3.8, 4) is 0 Å². The van der Waals surface area contributed by atoms with Crippen LogP contribution in [0.25, 0.3) is 0 Å². The van der Waals surface area contributed by atoms with Crippen LogP contribution in [0.3, 0.4) is 0 Å². The molecule has 1 nitrogen and oxygen atoms in total. The smallest absolute Gasteiger partial charge is 0.0879 e. The molecule has 40 heavy (non-hydrogen) atoms. The normalized spacial score (nSPS) is 45.1. The van der Waals surface area contributed by atoms with Crippen molar-refractivity contribution in [3.05, 3.63) is 0 Å². The minimum absolute atomic E-state index is 0.00879. The van der Waals surface area contributed by atoms with Gasteiger partial charge in [-0.3, -0.25) is 0 Å². The summed E-state index contributed by atoms with van der Waals surface area (Å²) in [5.41, 5.74) is 2.01. The molecule has 0 bridgehead atoms. The minimum Gasteiger partial charge on any atom is -0.379 e. The van der Waals surface area contributed by atoms with E-state index in [2.05, 4.69) is 41.2 Å². The lowest BCUT2D eigenvalue weighted by Crippen LogP contribution is -2.54. The Balaban J connectivity index is 1.30. The molecule has 6 aliphatic carbocycles. The van der Waals surface area contributed by atoms with Crippen molar-refractivity contribution in [2.24, 2.45) is 59.2 Å². The predicted molar refractivity (Wildman–Crippen MR) is 174 cm³/mol. The first-order valence-corrected chi connectivity index (χ1v) is 21.7. The van der Waals surface area contributed by atoms with Crippen LogP contribution in [0, 0.1) is 59.2 Å². The largest absolute Gasteiger partial charge is 0.379 e. The number of rotatable bonds is 6. The molecular weight excluding hydrogens is 501 g/mol. The summed E-state index contributed by atoms with van der Waals surface area (Å²) in [5, 5.41) is 0. The van der Waals surface area contributed by atoms with Gasteiger partial charge in [-0.05, 0) is 117 Å². The van der Waals surface area contributed by atoms with Gasteiger partial charge in [-0.25, -0.2) is 0 Å². The van der Waals surface area contributed by atoms with Crippen LogP contribution < -0.4 is 0 Å². The second-order valence-corrected chi connectivity index (χ2v) is 22.7. The molecule has 0 spiro atoms. The summed E-state index contributed by atoms with van der Waals surface area (Å²) in [6.07, 6.45) is 28.9. The van der Waals surface area contributed by atoms with Gasteiger partial charge >= 0.3 is 0 Å². The standard InChI is InChI=1S/C38H68OSi/c1-26-23-34-30(28-15-9-7-10-16-28)19-13-21-32(34)36(26)40(6,25-39-38(3,4)5)37-27(2)24-35-31(20-14-22-33(35)37)29-17-11-8-12-18-29/h26-37H,7-25H2,1-6H3. The van der Waals surface area contributed by atoms with Crippen molar-refractivity contribution in [3.63, 3.8) is 0 Å². The topological polar surface area (TPSA) is 9.23 Å². The maximum absolute atomic E-state index is 7.02. The maximum Gasteiger partial charge on any atom is 0.0879 e. The molecule has 230 valence electrons. The molecule has 6 aliphatic rings. The molecule has 0 amide bonds. The van der Waals surface area contributed by atoms with E-state index < -0.39 is 8.07 Å². The van der Waals surface area contributed by atoms with Gasteiger partial charge in [0.05, 0.1) is 13.7 Å². The first-order valence-electron chi connectivity index (χ1n) is 18.8. The lowest BCUT2D eigenvalue weighted by atomic mass is 9.65. The SMILES string of the molecule is CC1CC2C(C3CCCCC3)CCCC2C1[Si](C)(COC(C)(C)C)C1C(C)CC2C(C3CCCCC3)CCCC21. The van der Waals surface area contributed by atoms with Crippen molar-refractivity contribution >= 4 is 8.07 Å². The summed E-state index contributed by atoms with van der Waals surface area (Å²) in [6, 6.07) is 0. The molecule has 0 aliphatic heterocycles. The Morgan fingerprint density at radius 2 is 0.925 bits per heavy atom. The van der Waals surface area contributed by atoms with Crippen LogP contribution >= 0.6 is 0 Å². The Kier molecular flexibility index (Phi) is 9.28. The van der Waals surface area contributed by atoms with Crippen LogP contribution in [0.15, 0.2) is 0 Å². The highest BCUT2D eigenvalue weighted by Gasteiger charge is 2.62. The van der Waals surface area contributed by atoms with Crippen molar-refractivity contribution in [2.75, 3.05) is 6.23 Å². The highest BCUT2D eigenvalue weighted by atomic mass is 28.3. The molecule has 0 saturated heterocycles. The number of hydrogen-bond donors (Lipinski definition) is 0. The molecule has 2 heteroatoms. The van der Waals surface area contributed by atoms with Crippen LogP contribution in [0.1, 0.15) is 150 Å². The summed E-state index contributed by atoms with van der Waals surface area (Å²) < 4.78 is 7.02. The lowest BCUT2D eigenvalue weighted by molar-refractivity contribution is 0.0184. The Morgan fingerprint density at radius 3 is 1.32 bits per heavy atom. The van der Waals surface area contributed by atoms with E-state index in [9.17, 15) is 0 Å². The molecule has 6 fully saturated rings. The maximum atomic E-state index is 7.02.